The van der Waals surface area contributed by atoms with Gasteiger partial charge in [0.15, 0.2) is 0 Å². The van der Waals surface area contributed by atoms with E-state index in [1.807, 2.05) is 0 Å². The van der Waals surface area contributed by atoms with Gasteiger partial charge in [0.2, 0.25) is 0 Å². The van der Waals surface area contributed by atoms with Gasteiger partial charge in [0.05, 0.1) is 5.30 Å². The Morgan fingerprint density at radius 2 is 1.70 bits per heavy atom. The smallest absolute Gasteiger partial charge is 0.298 e. The third-order valence-electron chi connectivity index (χ3n) is 2.87. The first-order chi connectivity index (χ1) is 9.56. The van der Waals surface area contributed by atoms with E-state index in [1.165, 1.54) is 6.08 Å². The number of phenols is 1. The first-order valence-electron chi connectivity index (χ1n) is 6.13. The van der Waals surface area contributed by atoms with Crippen molar-refractivity contribution < 1.29 is 14.6 Å². The lowest BCUT2D eigenvalue weighted by Gasteiger charge is -2.17. The van der Waals surface area contributed by atoms with Gasteiger partial charge < -0.3 is 10.00 Å². The van der Waals surface area contributed by atoms with Crippen molar-refractivity contribution >= 4 is 12.8 Å². The molecule has 2 aromatic carbocycles. The highest BCUT2D eigenvalue weighted by atomic mass is 31.2. The molecule has 0 spiro atoms. The number of rotatable bonds is 5. The summed E-state index contributed by atoms with van der Waals surface area (Å²) in [5, 5.41) is 12.8. The third-order valence-corrected chi connectivity index (χ3v) is 4.53. The first kappa shape index (κ1) is 14.5. The molecule has 0 saturated carbocycles. The summed E-state index contributed by atoms with van der Waals surface area (Å²) in [6.07, 6.45) is 1.52. The number of aromatic hydroxyl groups is 1. The summed E-state index contributed by atoms with van der Waals surface area (Å²) < 4.78 is 12.4. The molecule has 0 aliphatic carbocycles. The number of para-hydroxylation sites is 1. The zero-order valence-corrected chi connectivity index (χ0v) is 11.8. The van der Waals surface area contributed by atoms with Crippen LogP contribution in [0, 0.1) is 0 Å². The highest BCUT2D eigenvalue weighted by Crippen LogP contribution is 2.40. The van der Waals surface area contributed by atoms with Gasteiger partial charge in [0.1, 0.15) is 5.75 Å². The van der Waals surface area contributed by atoms with Crippen molar-refractivity contribution in [1.29, 1.82) is 0 Å². The minimum Gasteiger partial charge on any atom is -0.507 e. The summed E-state index contributed by atoms with van der Waals surface area (Å²) in [6.45, 7) is 3.74. The van der Waals surface area contributed by atoms with E-state index in [-0.39, 0.29) is 17.6 Å². The van der Waals surface area contributed by atoms with Crippen LogP contribution < -0.4 is 10.4 Å². The van der Waals surface area contributed by atoms with Crippen molar-refractivity contribution in [2.24, 2.45) is 0 Å². The molecule has 2 rings (SSSR count). The second-order valence-electron chi connectivity index (χ2n) is 4.26. The fraction of sp³-hybridized carbons (Fsp3) is 0.0667. The van der Waals surface area contributed by atoms with Gasteiger partial charge >= 0.3 is 0 Å². The number of benzene rings is 2. The Labute approximate surface area is 117 Å². The van der Waals surface area contributed by atoms with Crippen LogP contribution in [0.1, 0.15) is 0 Å². The van der Waals surface area contributed by atoms with Crippen LogP contribution in [0.15, 0.2) is 61.2 Å². The number of nitrogens with one attached hydrogen (secondary N) is 1. The Morgan fingerprint density at radius 1 is 1.10 bits per heavy atom. The molecule has 1 atom stereocenters. The monoisotopic (exact) mass is 289 g/mol. The zero-order chi connectivity index (χ0) is 14.6. The van der Waals surface area contributed by atoms with E-state index in [1.54, 1.807) is 48.5 Å². The van der Waals surface area contributed by atoms with E-state index < -0.39 is 7.52 Å². The lowest BCUT2D eigenvalue weighted by molar-refractivity contribution is 0.477. The van der Waals surface area contributed by atoms with Gasteiger partial charge in [-0.1, -0.05) is 42.5 Å². The van der Waals surface area contributed by atoms with Crippen LogP contribution in [0.3, 0.4) is 0 Å². The fourth-order valence-electron chi connectivity index (χ4n) is 1.94. The normalized spacial score (nSPS) is 13.7. The van der Waals surface area contributed by atoms with Gasteiger partial charge in [-0.2, -0.15) is 0 Å². The highest BCUT2D eigenvalue weighted by molar-refractivity contribution is 7.64. The predicted molar refractivity (Wildman–Crippen MR) is 81.2 cm³/mol. The summed E-state index contributed by atoms with van der Waals surface area (Å²) in [6, 6.07) is 13.5. The summed E-state index contributed by atoms with van der Waals surface area (Å²) >= 11 is 0. The van der Waals surface area contributed by atoms with Gasteiger partial charge in [-0.05, 0) is 17.7 Å². The van der Waals surface area contributed by atoms with Crippen LogP contribution in [0.4, 0.5) is 0 Å². The second-order valence-corrected chi connectivity index (χ2v) is 6.21. The van der Waals surface area contributed by atoms with Crippen LogP contribution in [-0.2, 0) is 4.57 Å². The molecule has 0 amide bonds. The van der Waals surface area contributed by atoms with Crippen molar-refractivity contribution in [3.63, 3.8) is 0 Å². The maximum atomic E-state index is 12.4. The van der Waals surface area contributed by atoms with Crippen LogP contribution >= 0.6 is 7.52 Å². The standard InChI is InChI=1S/C15H16NO3P/c1-2-11-16-20(18,19)15-10-6-4-8-13(15)12-7-3-5-9-14(12)17/h2-10,17H,1,11H2,(H2,16,18,19). The SMILES string of the molecule is C=CCNP(=O)(O)c1ccccc1-c1ccccc1O. The number of hydrogen-bond acceptors (Lipinski definition) is 2. The molecule has 0 radical (unpaired) electrons. The molecule has 3 N–H and O–H groups in total. The van der Waals surface area contributed by atoms with Gasteiger partial charge in [-0.3, -0.25) is 4.57 Å². The maximum Gasteiger partial charge on any atom is 0.298 e. The largest absolute Gasteiger partial charge is 0.507 e. The topological polar surface area (TPSA) is 69.6 Å². The molecule has 2 aromatic rings. The molecular weight excluding hydrogens is 273 g/mol. The molecule has 0 aliphatic heterocycles. The average molecular weight is 289 g/mol. The molecule has 0 saturated heterocycles. The van der Waals surface area contributed by atoms with E-state index in [0.29, 0.717) is 11.1 Å². The molecule has 0 fully saturated rings. The fourth-order valence-corrected chi connectivity index (χ4v) is 3.30. The Morgan fingerprint density at radius 3 is 2.35 bits per heavy atom. The summed E-state index contributed by atoms with van der Waals surface area (Å²) in [5.74, 6) is 0.0728. The van der Waals surface area contributed by atoms with Crippen LogP contribution in [0.25, 0.3) is 11.1 Å². The second kappa shape index (κ2) is 6.06. The molecule has 5 heteroatoms. The van der Waals surface area contributed by atoms with E-state index in [9.17, 15) is 14.6 Å². The number of hydrogen-bond donors (Lipinski definition) is 3. The van der Waals surface area contributed by atoms with Crippen LogP contribution in [0.2, 0.25) is 0 Å². The Hall–Kier alpha value is -1.87. The van der Waals surface area contributed by atoms with E-state index in [4.69, 9.17) is 0 Å². The highest BCUT2D eigenvalue weighted by Gasteiger charge is 2.24. The lowest BCUT2D eigenvalue weighted by atomic mass is 10.0. The lowest BCUT2D eigenvalue weighted by Crippen LogP contribution is -2.20. The van der Waals surface area contributed by atoms with Crippen molar-refractivity contribution in [3.8, 4) is 16.9 Å². The van der Waals surface area contributed by atoms with Gasteiger partial charge in [-0.15, -0.1) is 6.58 Å². The van der Waals surface area contributed by atoms with Gasteiger partial charge in [0.25, 0.3) is 7.52 Å². The quantitative estimate of drug-likeness (QED) is 0.584. The minimum atomic E-state index is -3.72. The minimum absolute atomic E-state index is 0.0728. The van der Waals surface area contributed by atoms with Crippen LogP contribution in [-0.4, -0.2) is 16.5 Å². The van der Waals surface area contributed by atoms with E-state index in [0.717, 1.165) is 0 Å². The van der Waals surface area contributed by atoms with Gasteiger partial charge in [0, 0.05) is 12.1 Å². The Balaban J connectivity index is 2.54. The maximum absolute atomic E-state index is 12.4. The predicted octanol–water partition coefficient (Wildman–Crippen LogP) is 2.65. The third kappa shape index (κ3) is 2.99. The van der Waals surface area contributed by atoms with Crippen molar-refractivity contribution in [2.75, 3.05) is 6.54 Å². The zero-order valence-electron chi connectivity index (χ0n) is 10.9. The summed E-state index contributed by atoms with van der Waals surface area (Å²) in [4.78, 5) is 10.2. The van der Waals surface area contributed by atoms with E-state index >= 15 is 0 Å². The molecule has 0 bridgehead atoms. The molecule has 0 aromatic heterocycles. The molecule has 4 nitrogen and oxygen atoms in total. The Kier molecular flexibility index (Phi) is 4.40. The van der Waals surface area contributed by atoms with Gasteiger partial charge in [-0.25, -0.2) is 5.09 Å². The first-order valence-corrected chi connectivity index (χ1v) is 7.79. The summed E-state index contributed by atoms with van der Waals surface area (Å²) in [5.41, 5.74) is 1.06. The molecule has 0 heterocycles. The van der Waals surface area contributed by atoms with E-state index in [2.05, 4.69) is 11.7 Å². The molecule has 104 valence electrons. The molecule has 1 unspecified atom stereocenters. The number of phenolic OH excluding ortho intramolecular Hbond substituents is 1. The molecule has 0 aliphatic rings. The van der Waals surface area contributed by atoms with Crippen molar-refractivity contribution in [2.45, 2.75) is 0 Å². The van der Waals surface area contributed by atoms with Crippen molar-refractivity contribution in [3.05, 3.63) is 61.2 Å². The molecular formula is C15H16NO3P. The van der Waals surface area contributed by atoms with Crippen molar-refractivity contribution in [1.82, 2.24) is 5.09 Å². The summed E-state index contributed by atoms with van der Waals surface area (Å²) in [7, 11) is -3.72. The van der Waals surface area contributed by atoms with Crippen LogP contribution in [0.5, 0.6) is 5.75 Å². The average Bonchev–Trinajstić information content (AvgIpc) is 2.46. The Bertz CT molecular complexity index is 670. The molecule has 20 heavy (non-hydrogen) atoms.